The summed E-state index contributed by atoms with van der Waals surface area (Å²) in [5.74, 6) is -7.50. The second-order valence-corrected chi connectivity index (χ2v) is 21.9. The van der Waals surface area contributed by atoms with E-state index in [1.54, 1.807) is 68.6 Å². The number of hydrogen-bond acceptors (Lipinski definition) is 14. The van der Waals surface area contributed by atoms with Crippen LogP contribution in [0.1, 0.15) is 70.6 Å². The summed E-state index contributed by atoms with van der Waals surface area (Å²) in [4.78, 5) is 116. The second-order valence-electron chi connectivity index (χ2n) is 18.9. The van der Waals surface area contributed by atoms with Crippen molar-refractivity contribution in [3.05, 3.63) is 102 Å². The van der Waals surface area contributed by atoms with E-state index >= 15 is 0 Å². The van der Waals surface area contributed by atoms with Gasteiger partial charge in [0.25, 0.3) is 0 Å². The number of phenolic OH excluding ortho intramolecular Hbond substituents is 1. The van der Waals surface area contributed by atoms with Gasteiger partial charge in [-0.25, -0.2) is 0 Å². The van der Waals surface area contributed by atoms with Crippen LogP contribution in [0.3, 0.4) is 0 Å². The molecule has 0 bridgehead atoms. The number of unbranched alkanes of at least 4 members (excludes halogenated alkanes) is 1. The van der Waals surface area contributed by atoms with Crippen LogP contribution in [0.2, 0.25) is 0 Å². The Bertz CT molecular complexity index is 2600. The zero-order valence-corrected chi connectivity index (χ0v) is 43.5. The molecule has 3 aromatic carbocycles. The lowest BCUT2D eigenvalue weighted by Crippen LogP contribution is -2.65. The molecule has 4 aromatic rings. The van der Waals surface area contributed by atoms with Gasteiger partial charge in [-0.05, 0) is 75.4 Å². The molecule has 0 radical (unpaired) electrons. The number of amides is 8. The Morgan fingerprint density at radius 2 is 1.38 bits per heavy atom. The number of nitrogens with one attached hydrogen (secondary N) is 8. The van der Waals surface area contributed by atoms with E-state index < -0.39 is 113 Å². The topological polar surface area (TPSA) is 349 Å². The highest BCUT2D eigenvalue weighted by atomic mass is 33.1. The molecule has 5 rings (SSSR count). The number of phenols is 1. The van der Waals surface area contributed by atoms with Gasteiger partial charge in [0.15, 0.2) is 0 Å². The Hall–Kier alpha value is -6.66. The Kier molecular flexibility index (Phi) is 21.3. The zero-order valence-electron chi connectivity index (χ0n) is 41.9. The molecule has 0 spiro atoms. The summed E-state index contributed by atoms with van der Waals surface area (Å²) >= 11 is 0. The monoisotopic (exact) mass is 1060 g/mol. The van der Waals surface area contributed by atoms with Crippen molar-refractivity contribution in [1.82, 2.24) is 42.2 Å². The fourth-order valence-corrected chi connectivity index (χ4v) is 11.0. The average Bonchev–Trinajstić information content (AvgIpc) is 3.76. The minimum Gasteiger partial charge on any atom is -0.508 e. The number of carbonyl (C=O) groups is 8. The summed E-state index contributed by atoms with van der Waals surface area (Å²) in [7, 11) is 1.96. The maximum atomic E-state index is 14.8. The van der Waals surface area contributed by atoms with Gasteiger partial charge < -0.3 is 69.0 Å². The Morgan fingerprint density at radius 1 is 0.770 bits per heavy atom. The van der Waals surface area contributed by atoms with Crippen LogP contribution in [0.5, 0.6) is 5.75 Å². The molecular weight excluding hydrogens is 993 g/mol. The molecule has 2 heterocycles. The first-order valence-electron chi connectivity index (χ1n) is 24.3. The van der Waals surface area contributed by atoms with Crippen LogP contribution < -0.4 is 48.7 Å². The fourth-order valence-electron chi connectivity index (χ4n) is 8.14. The lowest BCUT2D eigenvalue weighted by atomic mass is 9.99. The maximum absolute atomic E-state index is 14.8. The van der Waals surface area contributed by atoms with Gasteiger partial charge in [0.2, 0.25) is 47.3 Å². The molecule has 15 N–H and O–H groups in total. The minimum atomic E-state index is -1.73. The van der Waals surface area contributed by atoms with Crippen LogP contribution in [0.25, 0.3) is 10.9 Å². The molecule has 0 aliphatic carbocycles. The van der Waals surface area contributed by atoms with Gasteiger partial charge in [0.05, 0.1) is 18.2 Å². The molecule has 21 nitrogen and oxygen atoms in total. The van der Waals surface area contributed by atoms with Crippen molar-refractivity contribution in [2.45, 2.75) is 138 Å². The Morgan fingerprint density at radius 3 is 2.01 bits per heavy atom. The maximum Gasteiger partial charge on any atom is 0.245 e. The van der Waals surface area contributed by atoms with Crippen molar-refractivity contribution in [2.24, 2.45) is 11.5 Å². The van der Waals surface area contributed by atoms with Gasteiger partial charge in [-0.1, -0.05) is 102 Å². The number of primary amides is 1. The van der Waals surface area contributed by atoms with E-state index in [1.165, 1.54) is 26.0 Å². The van der Waals surface area contributed by atoms with Crippen LogP contribution in [-0.2, 0) is 57.6 Å². The molecule has 1 aromatic heterocycles. The van der Waals surface area contributed by atoms with Crippen molar-refractivity contribution in [2.75, 3.05) is 5.75 Å². The number of rotatable bonds is 16. The highest BCUT2D eigenvalue weighted by molar-refractivity contribution is 8.77. The summed E-state index contributed by atoms with van der Waals surface area (Å²) in [6, 6.07) is 10.5. The lowest BCUT2D eigenvalue weighted by molar-refractivity contribution is -0.137. The number of aliphatic hydroxyl groups excluding tert-OH is 2. The zero-order chi connectivity index (χ0) is 54.3. The number of para-hydroxylation sites is 1. The summed E-state index contributed by atoms with van der Waals surface area (Å²) in [6.45, 7) is 7.40. The molecule has 1 saturated heterocycles. The number of aromatic nitrogens is 1. The minimum absolute atomic E-state index is 0.0530. The first-order chi connectivity index (χ1) is 35.1. The number of benzene rings is 3. The van der Waals surface area contributed by atoms with Crippen LogP contribution >= 0.6 is 21.6 Å². The summed E-state index contributed by atoms with van der Waals surface area (Å²) < 4.78 is -1.41. The number of H-pyrrole nitrogens is 1. The molecule has 74 heavy (non-hydrogen) atoms. The SMILES string of the molecule is CCCC[C@@H]1NC(=O)[C@@H](Cc2c[nH]c3ccccc23)NC(=O)[C@H](Cc2ccc(O)cc2)NC(=O)[C@@H](NC(=O)[C@H](N)Cc2ccccc2)CSSC(C)(C)[C@H](C(=O)N[C@H](C(N)=O)[C@@H](C)O)NC(=O)[C@@H]([C@@H](C)O)NC1=O. The van der Waals surface area contributed by atoms with E-state index in [4.69, 9.17) is 11.5 Å². The molecule has 10 atom stereocenters. The number of fused-ring (bicyclic) bond motifs is 1. The smallest absolute Gasteiger partial charge is 0.245 e. The fraction of sp³-hybridized carbons (Fsp3) is 0.451. The van der Waals surface area contributed by atoms with Gasteiger partial charge in [-0.15, -0.1) is 0 Å². The van der Waals surface area contributed by atoms with Crippen molar-refractivity contribution >= 4 is 79.7 Å². The van der Waals surface area contributed by atoms with Gasteiger partial charge in [-0.2, -0.15) is 0 Å². The Balaban J connectivity index is 1.62. The predicted molar refractivity (Wildman–Crippen MR) is 282 cm³/mol. The van der Waals surface area contributed by atoms with Crippen molar-refractivity contribution in [3.8, 4) is 5.75 Å². The quantitative estimate of drug-likeness (QED) is 0.0669. The van der Waals surface area contributed by atoms with Crippen molar-refractivity contribution in [1.29, 1.82) is 0 Å². The summed E-state index contributed by atoms with van der Waals surface area (Å²) in [5, 5.41) is 50.8. The molecule has 0 saturated carbocycles. The van der Waals surface area contributed by atoms with E-state index in [0.717, 1.165) is 38.1 Å². The number of carbonyl (C=O) groups excluding carboxylic acids is 8. The Labute approximate surface area is 437 Å². The number of aliphatic hydroxyl groups is 2. The van der Waals surface area contributed by atoms with E-state index in [0.29, 0.717) is 24.0 Å². The van der Waals surface area contributed by atoms with Crippen molar-refractivity contribution in [3.63, 3.8) is 0 Å². The first kappa shape index (κ1) is 58.2. The van der Waals surface area contributed by atoms with Gasteiger partial charge in [0, 0.05) is 40.4 Å². The number of hydrogen-bond donors (Lipinski definition) is 13. The largest absolute Gasteiger partial charge is 0.508 e. The standard InChI is InChI=1S/C51H68N10O11S2/c1-6-7-16-36-45(67)60-41(28(3)63)49(71)61-42(50(72)59-40(27(2)62)43(53)65)51(4,5)74-73-26-39(58-44(66)34(52)22-29-13-9-8-10-14-29)48(70)56-37(23-30-18-20-32(64)21-19-30)46(68)57-38(47(69)55-36)24-31-25-54-35-17-12-11-15-33(31)35/h8-15,17-21,25,27-28,34,36-42,54,62-64H,6-7,16,22-24,26,52H2,1-5H3,(H2,53,65)(H,55,69)(H,56,70)(H,57,68)(H,58,66)(H,59,72)(H,60,67)(H,61,71)/t27-,28-,34-,36+,37+,38-,39+,40+,41-,42+/m1/s1. The second kappa shape index (κ2) is 27.0. The third-order valence-electron chi connectivity index (χ3n) is 12.4. The van der Waals surface area contributed by atoms with Gasteiger partial charge in [0.1, 0.15) is 48.0 Å². The van der Waals surface area contributed by atoms with E-state index in [2.05, 4.69) is 42.2 Å². The van der Waals surface area contributed by atoms with Crippen LogP contribution in [-0.4, -0.2) is 139 Å². The van der Waals surface area contributed by atoms with E-state index in [9.17, 15) is 53.7 Å². The first-order valence-corrected chi connectivity index (χ1v) is 26.6. The molecule has 1 fully saturated rings. The molecule has 1 aliphatic heterocycles. The van der Waals surface area contributed by atoms with E-state index in [1.807, 2.05) is 25.1 Å². The van der Waals surface area contributed by atoms with Crippen molar-refractivity contribution < 1.29 is 53.7 Å². The highest BCUT2D eigenvalue weighted by Crippen LogP contribution is 2.39. The third-order valence-corrected chi connectivity index (χ3v) is 15.7. The average molecular weight is 1060 g/mol. The number of aromatic hydroxyl groups is 1. The molecule has 23 heteroatoms. The number of aromatic amines is 1. The highest BCUT2D eigenvalue weighted by Gasteiger charge is 2.43. The molecular formula is C51H68N10O11S2. The summed E-state index contributed by atoms with van der Waals surface area (Å²) in [5.41, 5.74) is 14.5. The van der Waals surface area contributed by atoms with Gasteiger partial charge >= 0.3 is 0 Å². The van der Waals surface area contributed by atoms with Crippen LogP contribution in [0, 0.1) is 0 Å². The third kappa shape index (κ3) is 16.4. The summed E-state index contributed by atoms with van der Waals surface area (Å²) in [6.07, 6.45) is -0.505. The van der Waals surface area contributed by atoms with Crippen LogP contribution in [0.15, 0.2) is 85.1 Å². The molecule has 0 unspecified atom stereocenters. The predicted octanol–water partition coefficient (Wildman–Crippen LogP) is 0.233. The number of nitrogens with two attached hydrogens (primary N) is 2. The van der Waals surface area contributed by atoms with E-state index in [-0.39, 0.29) is 37.2 Å². The van der Waals surface area contributed by atoms with Gasteiger partial charge in [-0.3, -0.25) is 38.4 Å². The molecule has 1 aliphatic rings. The normalized spacial score (nSPS) is 23.1. The van der Waals surface area contributed by atoms with Crippen LogP contribution in [0.4, 0.5) is 0 Å². The molecule has 8 amide bonds. The molecule has 400 valence electrons. The lowest BCUT2D eigenvalue weighted by Gasteiger charge is -2.36.